The zero-order valence-electron chi connectivity index (χ0n) is 16.5. The highest BCUT2D eigenvalue weighted by Gasteiger charge is 2.15. The number of rotatable bonds is 7. The normalized spacial score (nSPS) is 12.0. The second-order valence-corrected chi connectivity index (χ2v) is 7.15. The van der Waals surface area contributed by atoms with E-state index in [1.807, 2.05) is 67.6 Å². The minimum Gasteiger partial charge on any atom is -0.350 e. The number of hydrogen-bond acceptors (Lipinski definition) is 3. The number of imidazole rings is 1. The molecule has 5 nitrogen and oxygen atoms in total. The lowest BCUT2D eigenvalue weighted by Crippen LogP contribution is -2.27. The lowest BCUT2D eigenvalue weighted by atomic mass is 10.1. The van der Waals surface area contributed by atoms with Crippen molar-refractivity contribution in [3.05, 3.63) is 95.9 Å². The summed E-state index contributed by atoms with van der Waals surface area (Å²) >= 11 is 0. The number of hydrogen-bond donors (Lipinski definition) is 1. The maximum Gasteiger partial charge on any atom is 0.220 e. The van der Waals surface area contributed by atoms with Crippen LogP contribution in [0.25, 0.3) is 11.2 Å². The van der Waals surface area contributed by atoms with Gasteiger partial charge in [-0.25, -0.2) is 9.97 Å². The van der Waals surface area contributed by atoms with Crippen LogP contribution >= 0.6 is 0 Å². The molecular formula is C24H24N4O. The molecule has 0 spiro atoms. The molecule has 4 aromatic rings. The zero-order chi connectivity index (χ0) is 20.1. The van der Waals surface area contributed by atoms with Crippen molar-refractivity contribution in [3.63, 3.8) is 0 Å². The number of fused-ring (bicyclic) bond motifs is 1. The molecule has 2 heterocycles. The summed E-state index contributed by atoms with van der Waals surface area (Å²) in [6.07, 6.45) is 2.73. The first-order valence-electron chi connectivity index (χ1n) is 9.89. The van der Waals surface area contributed by atoms with Gasteiger partial charge >= 0.3 is 0 Å². The van der Waals surface area contributed by atoms with Crippen LogP contribution in [0, 0.1) is 0 Å². The molecule has 146 valence electrons. The predicted molar refractivity (Wildman–Crippen MR) is 114 cm³/mol. The molecule has 0 radical (unpaired) electrons. The molecular weight excluding hydrogens is 360 g/mol. The second-order valence-electron chi connectivity index (χ2n) is 7.15. The van der Waals surface area contributed by atoms with Gasteiger partial charge < -0.3 is 9.88 Å². The Kier molecular flexibility index (Phi) is 5.66. The highest BCUT2D eigenvalue weighted by atomic mass is 16.1. The van der Waals surface area contributed by atoms with Crippen LogP contribution in [0.3, 0.4) is 0 Å². The first-order valence-corrected chi connectivity index (χ1v) is 9.89. The molecule has 0 saturated carbocycles. The number of nitrogens with one attached hydrogen (secondary N) is 1. The van der Waals surface area contributed by atoms with E-state index in [0.717, 1.165) is 22.6 Å². The summed E-state index contributed by atoms with van der Waals surface area (Å²) in [4.78, 5) is 21.8. The first-order chi connectivity index (χ1) is 14.2. The van der Waals surface area contributed by atoms with Crippen molar-refractivity contribution in [2.45, 2.75) is 32.4 Å². The Bertz CT molecular complexity index is 1090. The van der Waals surface area contributed by atoms with Crippen LogP contribution in [-0.4, -0.2) is 20.4 Å². The fourth-order valence-electron chi connectivity index (χ4n) is 3.49. The van der Waals surface area contributed by atoms with Gasteiger partial charge in [-0.05, 0) is 30.2 Å². The summed E-state index contributed by atoms with van der Waals surface area (Å²) in [5, 5.41) is 3.08. The van der Waals surface area contributed by atoms with Crippen molar-refractivity contribution in [1.29, 1.82) is 0 Å². The third-order valence-corrected chi connectivity index (χ3v) is 5.02. The number of carbonyl (C=O) groups excluding carboxylic acids is 1. The molecule has 0 aliphatic carbocycles. The Labute approximate surface area is 170 Å². The second kappa shape index (κ2) is 8.69. The van der Waals surface area contributed by atoms with Gasteiger partial charge in [0, 0.05) is 19.0 Å². The Balaban J connectivity index is 1.49. The molecule has 1 amide bonds. The lowest BCUT2D eigenvalue weighted by molar-refractivity contribution is -0.121. The van der Waals surface area contributed by atoms with Crippen LogP contribution in [-0.2, 0) is 17.8 Å². The molecule has 0 bridgehead atoms. The third kappa shape index (κ3) is 4.51. The van der Waals surface area contributed by atoms with E-state index < -0.39 is 0 Å². The maximum atomic E-state index is 12.5. The summed E-state index contributed by atoms with van der Waals surface area (Å²) in [5.74, 6) is 0.901. The smallest absolute Gasteiger partial charge is 0.220 e. The van der Waals surface area contributed by atoms with Gasteiger partial charge in [0.05, 0.1) is 12.6 Å². The molecule has 5 heteroatoms. The minimum absolute atomic E-state index is 0.0199. The van der Waals surface area contributed by atoms with Gasteiger partial charge in [0.2, 0.25) is 5.91 Å². The highest BCUT2D eigenvalue weighted by molar-refractivity contribution is 5.77. The Morgan fingerprint density at radius 2 is 1.72 bits per heavy atom. The Morgan fingerprint density at radius 1 is 1.00 bits per heavy atom. The average molecular weight is 384 g/mol. The van der Waals surface area contributed by atoms with Crippen molar-refractivity contribution >= 4 is 17.1 Å². The fraction of sp³-hybridized carbons (Fsp3) is 0.208. The molecule has 2 aromatic carbocycles. The van der Waals surface area contributed by atoms with Crippen molar-refractivity contribution in [3.8, 4) is 0 Å². The Morgan fingerprint density at radius 3 is 2.48 bits per heavy atom. The van der Waals surface area contributed by atoms with Crippen molar-refractivity contribution in [1.82, 2.24) is 19.9 Å². The van der Waals surface area contributed by atoms with E-state index in [2.05, 4.69) is 27.0 Å². The number of nitrogens with zero attached hydrogens (tertiary/aromatic N) is 3. The fourth-order valence-corrected chi connectivity index (χ4v) is 3.49. The summed E-state index contributed by atoms with van der Waals surface area (Å²) in [7, 11) is 0. The van der Waals surface area contributed by atoms with Gasteiger partial charge in [-0.3, -0.25) is 4.79 Å². The van der Waals surface area contributed by atoms with E-state index in [-0.39, 0.29) is 11.9 Å². The standard InChI is InChI=1S/C24H24N4O/c1-18(20-11-6-3-7-12-20)26-23(29)15-14-22-27-21-13-8-16-25-24(21)28(22)17-19-9-4-2-5-10-19/h2-13,16,18H,14-15,17H2,1H3,(H,26,29)/t18-/m0/s1. The van der Waals surface area contributed by atoms with Gasteiger partial charge in [0.15, 0.2) is 5.65 Å². The van der Waals surface area contributed by atoms with Crippen LogP contribution in [0.2, 0.25) is 0 Å². The number of amides is 1. The molecule has 0 aliphatic heterocycles. The van der Waals surface area contributed by atoms with E-state index in [4.69, 9.17) is 4.98 Å². The van der Waals surface area contributed by atoms with E-state index in [1.165, 1.54) is 5.56 Å². The molecule has 1 atom stereocenters. The molecule has 0 unspecified atom stereocenters. The van der Waals surface area contributed by atoms with Crippen LogP contribution in [0.15, 0.2) is 79.0 Å². The van der Waals surface area contributed by atoms with Gasteiger partial charge in [0.25, 0.3) is 0 Å². The monoisotopic (exact) mass is 384 g/mol. The zero-order valence-corrected chi connectivity index (χ0v) is 16.5. The Hall–Kier alpha value is -3.47. The van der Waals surface area contributed by atoms with Crippen LogP contribution in [0.1, 0.15) is 36.3 Å². The van der Waals surface area contributed by atoms with Gasteiger partial charge in [0.1, 0.15) is 11.3 Å². The molecule has 1 N–H and O–H groups in total. The third-order valence-electron chi connectivity index (χ3n) is 5.02. The summed E-state index contributed by atoms with van der Waals surface area (Å²) < 4.78 is 2.11. The number of benzene rings is 2. The van der Waals surface area contributed by atoms with Crippen LogP contribution in [0.4, 0.5) is 0 Å². The molecule has 4 rings (SSSR count). The molecule has 29 heavy (non-hydrogen) atoms. The van der Waals surface area contributed by atoms with Gasteiger partial charge in [-0.2, -0.15) is 0 Å². The predicted octanol–water partition coefficient (Wildman–Crippen LogP) is 4.29. The van der Waals surface area contributed by atoms with Crippen LogP contribution < -0.4 is 5.32 Å². The summed E-state index contributed by atoms with van der Waals surface area (Å²) in [6, 6.07) is 24.1. The first kappa shape index (κ1) is 18.9. The SMILES string of the molecule is C[C@H](NC(=O)CCc1nc2cccnc2n1Cc1ccccc1)c1ccccc1. The van der Waals surface area contributed by atoms with E-state index >= 15 is 0 Å². The van der Waals surface area contributed by atoms with Gasteiger partial charge in [-0.15, -0.1) is 0 Å². The number of carbonyl (C=O) groups is 1. The average Bonchev–Trinajstić information content (AvgIpc) is 3.11. The van der Waals surface area contributed by atoms with Crippen LogP contribution in [0.5, 0.6) is 0 Å². The van der Waals surface area contributed by atoms with Crippen molar-refractivity contribution in [2.75, 3.05) is 0 Å². The van der Waals surface area contributed by atoms with Crippen molar-refractivity contribution in [2.24, 2.45) is 0 Å². The highest BCUT2D eigenvalue weighted by Crippen LogP contribution is 2.18. The van der Waals surface area contributed by atoms with Crippen molar-refractivity contribution < 1.29 is 4.79 Å². The molecule has 2 aromatic heterocycles. The molecule has 0 aliphatic rings. The number of aryl methyl sites for hydroxylation is 1. The maximum absolute atomic E-state index is 12.5. The number of pyridine rings is 1. The minimum atomic E-state index is -0.0199. The molecule has 0 saturated heterocycles. The van der Waals surface area contributed by atoms with E-state index in [1.54, 1.807) is 6.20 Å². The van der Waals surface area contributed by atoms with E-state index in [9.17, 15) is 4.79 Å². The van der Waals surface area contributed by atoms with E-state index in [0.29, 0.717) is 19.4 Å². The quantitative estimate of drug-likeness (QED) is 0.517. The summed E-state index contributed by atoms with van der Waals surface area (Å²) in [6.45, 7) is 2.69. The lowest BCUT2D eigenvalue weighted by Gasteiger charge is -2.14. The topological polar surface area (TPSA) is 59.8 Å². The number of aromatic nitrogens is 3. The van der Waals surface area contributed by atoms with Gasteiger partial charge in [-0.1, -0.05) is 60.7 Å². The summed E-state index contributed by atoms with van der Waals surface area (Å²) in [5.41, 5.74) is 3.99. The largest absolute Gasteiger partial charge is 0.350 e. The molecule has 0 fully saturated rings.